The molecular weight excluding hydrogens is 232 g/mol. The van der Waals surface area contributed by atoms with Crippen LogP contribution in [0.25, 0.3) is 0 Å². The van der Waals surface area contributed by atoms with Gasteiger partial charge in [0, 0.05) is 9.65 Å². The molecule has 0 aromatic carbocycles. The largest absolute Gasteiger partial charge is 0.0879 e. The van der Waals surface area contributed by atoms with Crippen molar-refractivity contribution in [3.8, 4) is 0 Å². The molecule has 0 N–H and O–H groups in total. The van der Waals surface area contributed by atoms with Crippen molar-refractivity contribution in [3.05, 3.63) is 0 Å². The number of halogens is 2. The second-order valence-electron chi connectivity index (χ2n) is 2.32. The van der Waals surface area contributed by atoms with Crippen LogP contribution >= 0.6 is 31.9 Å². The number of rotatable bonds is 0. The first-order valence-electron chi connectivity index (χ1n) is 3.09. The van der Waals surface area contributed by atoms with E-state index in [-0.39, 0.29) is 0 Å². The number of hydrogen-bond donors (Lipinski definition) is 0. The molecule has 0 saturated heterocycles. The highest BCUT2D eigenvalue weighted by atomic mass is 79.9. The fourth-order valence-electron chi connectivity index (χ4n) is 1.04. The summed E-state index contributed by atoms with van der Waals surface area (Å²) in [6.45, 7) is 0. The van der Waals surface area contributed by atoms with Crippen LogP contribution in [0.2, 0.25) is 0 Å². The first kappa shape index (κ1) is 7.07. The summed E-state index contributed by atoms with van der Waals surface area (Å²) in [5.74, 6) is 0. The molecule has 48 valence electrons. The molecule has 0 bridgehead atoms. The molecule has 1 rings (SSSR count). The topological polar surface area (TPSA) is 0 Å². The standard InChI is InChI=1S/C6H10Br2/c7-5-3-1-2-4-6(5)8/h5-6H,1-4H2/t5-,6?/m0/s1. The number of hydrogen-bond acceptors (Lipinski definition) is 0. The lowest BCUT2D eigenvalue weighted by atomic mass is 10.0. The van der Waals surface area contributed by atoms with Crippen molar-refractivity contribution < 1.29 is 0 Å². The van der Waals surface area contributed by atoms with E-state index in [1.165, 1.54) is 25.7 Å². The van der Waals surface area contributed by atoms with Gasteiger partial charge in [0.2, 0.25) is 0 Å². The van der Waals surface area contributed by atoms with Gasteiger partial charge in [-0.3, -0.25) is 0 Å². The molecule has 0 amide bonds. The third kappa shape index (κ3) is 1.73. The van der Waals surface area contributed by atoms with Gasteiger partial charge in [-0.25, -0.2) is 0 Å². The van der Waals surface area contributed by atoms with Gasteiger partial charge < -0.3 is 0 Å². The van der Waals surface area contributed by atoms with Gasteiger partial charge >= 0.3 is 0 Å². The number of alkyl halides is 2. The third-order valence-electron chi connectivity index (χ3n) is 1.60. The van der Waals surface area contributed by atoms with Crippen molar-refractivity contribution in [2.45, 2.75) is 35.3 Å². The minimum Gasteiger partial charge on any atom is -0.0879 e. The Labute approximate surface area is 67.3 Å². The van der Waals surface area contributed by atoms with E-state index in [2.05, 4.69) is 31.9 Å². The molecule has 8 heavy (non-hydrogen) atoms. The monoisotopic (exact) mass is 240 g/mol. The van der Waals surface area contributed by atoms with Crippen molar-refractivity contribution in [1.29, 1.82) is 0 Å². The van der Waals surface area contributed by atoms with Crippen LogP contribution in [-0.4, -0.2) is 9.65 Å². The van der Waals surface area contributed by atoms with Crippen LogP contribution in [0.4, 0.5) is 0 Å². The van der Waals surface area contributed by atoms with Crippen LogP contribution in [0.3, 0.4) is 0 Å². The Morgan fingerprint density at radius 2 is 1.25 bits per heavy atom. The summed E-state index contributed by atoms with van der Waals surface area (Å²) >= 11 is 7.21. The van der Waals surface area contributed by atoms with Crippen molar-refractivity contribution in [2.24, 2.45) is 0 Å². The molecule has 0 aromatic heterocycles. The maximum Gasteiger partial charge on any atom is 0.0271 e. The lowest BCUT2D eigenvalue weighted by Gasteiger charge is -2.21. The first-order chi connectivity index (χ1) is 3.80. The molecule has 0 aliphatic heterocycles. The summed E-state index contributed by atoms with van der Waals surface area (Å²) in [4.78, 5) is 1.47. The minimum absolute atomic E-state index is 0.733. The maximum absolute atomic E-state index is 3.61. The molecule has 1 saturated carbocycles. The van der Waals surface area contributed by atoms with E-state index in [0.29, 0.717) is 0 Å². The molecule has 0 spiro atoms. The Morgan fingerprint density at radius 1 is 0.875 bits per heavy atom. The van der Waals surface area contributed by atoms with Gasteiger partial charge in [-0.2, -0.15) is 0 Å². The van der Waals surface area contributed by atoms with Gasteiger partial charge in [0.1, 0.15) is 0 Å². The van der Waals surface area contributed by atoms with E-state index < -0.39 is 0 Å². The summed E-state index contributed by atoms with van der Waals surface area (Å²) in [6.07, 6.45) is 5.49. The van der Waals surface area contributed by atoms with Crippen molar-refractivity contribution in [2.75, 3.05) is 0 Å². The summed E-state index contributed by atoms with van der Waals surface area (Å²) in [6, 6.07) is 0. The Hall–Kier alpha value is 0.960. The molecule has 1 unspecified atom stereocenters. The highest BCUT2D eigenvalue weighted by molar-refractivity contribution is 9.12. The lowest BCUT2D eigenvalue weighted by Crippen LogP contribution is -2.17. The Kier molecular flexibility index (Phi) is 2.84. The van der Waals surface area contributed by atoms with Gasteiger partial charge in [-0.1, -0.05) is 44.7 Å². The quantitative estimate of drug-likeness (QED) is 0.572. The molecule has 1 fully saturated rings. The molecular formula is C6H10Br2. The lowest BCUT2D eigenvalue weighted by molar-refractivity contribution is 0.538. The zero-order valence-electron chi connectivity index (χ0n) is 4.74. The summed E-state index contributed by atoms with van der Waals surface area (Å²) in [5.41, 5.74) is 0. The SMILES string of the molecule is BrC1CCCC[C@@H]1Br. The van der Waals surface area contributed by atoms with E-state index in [9.17, 15) is 0 Å². The van der Waals surface area contributed by atoms with Crippen LogP contribution in [0.5, 0.6) is 0 Å². The smallest absolute Gasteiger partial charge is 0.0271 e. The molecule has 2 atom stereocenters. The molecule has 0 nitrogen and oxygen atoms in total. The van der Waals surface area contributed by atoms with Crippen molar-refractivity contribution >= 4 is 31.9 Å². The molecule has 1 aliphatic rings. The molecule has 0 heterocycles. The van der Waals surface area contributed by atoms with Crippen LogP contribution in [0.15, 0.2) is 0 Å². The van der Waals surface area contributed by atoms with Gasteiger partial charge in [0.15, 0.2) is 0 Å². The van der Waals surface area contributed by atoms with Crippen molar-refractivity contribution in [1.82, 2.24) is 0 Å². The van der Waals surface area contributed by atoms with E-state index in [1.807, 2.05) is 0 Å². The van der Waals surface area contributed by atoms with Gasteiger partial charge in [0.25, 0.3) is 0 Å². The highest BCUT2D eigenvalue weighted by Gasteiger charge is 2.18. The normalized spacial score (nSPS) is 39.8. The van der Waals surface area contributed by atoms with Gasteiger partial charge in [-0.05, 0) is 12.8 Å². The summed E-state index contributed by atoms with van der Waals surface area (Å²) in [7, 11) is 0. The van der Waals surface area contributed by atoms with E-state index in [1.54, 1.807) is 0 Å². The van der Waals surface area contributed by atoms with Crippen LogP contribution in [0.1, 0.15) is 25.7 Å². The third-order valence-corrected chi connectivity index (χ3v) is 4.50. The van der Waals surface area contributed by atoms with Crippen LogP contribution < -0.4 is 0 Å². The first-order valence-corrected chi connectivity index (χ1v) is 4.92. The predicted octanol–water partition coefficient (Wildman–Crippen LogP) is 3.09. The van der Waals surface area contributed by atoms with Gasteiger partial charge in [0.05, 0.1) is 0 Å². The molecule has 0 aromatic rings. The Balaban J connectivity index is 2.28. The average Bonchev–Trinajstić information content (AvgIpc) is 1.77. The molecule has 0 radical (unpaired) electrons. The van der Waals surface area contributed by atoms with E-state index in [4.69, 9.17) is 0 Å². The fraction of sp³-hybridized carbons (Fsp3) is 1.00. The fourth-order valence-corrected chi connectivity index (χ4v) is 2.22. The van der Waals surface area contributed by atoms with Gasteiger partial charge in [-0.15, -0.1) is 0 Å². The molecule has 2 heteroatoms. The summed E-state index contributed by atoms with van der Waals surface area (Å²) < 4.78 is 0. The second-order valence-corrected chi connectivity index (χ2v) is 4.67. The zero-order valence-corrected chi connectivity index (χ0v) is 7.91. The van der Waals surface area contributed by atoms with Crippen molar-refractivity contribution in [3.63, 3.8) is 0 Å². The average molecular weight is 242 g/mol. The predicted molar refractivity (Wildman–Crippen MR) is 43.9 cm³/mol. The Bertz CT molecular complexity index is 62.9. The summed E-state index contributed by atoms with van der Waals surface area (Å²) in [5, 5.41) is 0. The highest BCUT2D eigenvalue weighted by Crippen LogP contribution is 2.29. The van der Waals surface area contributed by atoms with E-state index >= 15 is 0 Å². The molecule has 1 aliphatic carbocycles. The van der Waals surface area contributed by atoms with E-state index in [0.717, 1.165) is 9.65 Å². The Morgan fingerprint density at radius 3 is 1.50 bits per heavy atom. The zero-order chi connectivity index (χ0) is 5.98. The maximum atomic E-state index is 3.61. The second kappa shape index (κ2) is 3.21. The minimum atomic E-state index is 0.733. The van der Waals surface area contributed by atoms with Crippen LogP contribution in [0, 0.1) is 0 Å². The van der Waals surface area contributed by atoms with Crippen LogP contribution in [-0.2, 0) is 0 Å².